The number of carboxylic acid groups (broad SMARTS) is 1. The van der Waals surface area contributed by atoms with Gasteiger partial charge in [-0.15, -0.1) is 0 Å². The van der Waals surface area contributed by atoms with Crippen molar-refractivity contribution in [2.45, 2.75) is 95.8 Å². The molecule has 178 valence electrons. The van der Waals surface area contributed by atoms with E-state index in [0.717, 1.165) is 32.1 Å². The van der Waals surface area contributed by atoms with E-state index < -0.39 is 47.9 Å². The summed E-state index contributed by atoms with van der Waals surface area (Å²) < 4.78 is 0. The first-order valence-corrected chi connectivity index (χ1v) is 11.8. The minimum atomic E-state index is -1.12. The lowest BCUT2D eigenvalue weighted by molar-refractivity contribution is -0.142. The fraction of sp³-hybridized carbons (Fsp3) is 0.810. The lowest BCUT2D eigenvalue weighted by Gasteiger charge is -2.28. The maximum atomic E-state index is 12.9. The maximum Gasteiger partial charge on any atom is 0.326 e. The van der Waals surface area contributed by atoms with Crippen LogP contribution in [0, 0.1) is 5.92 Å². The van der Waals surface area contributed by atoms with Crippen molar-refractivity contribution in [2.75, 3.05) is 5.75 Å². The van der Waals surface area contributed by atoms with Crippen LogP contribution in [0.1, 0.15) is 71.6 Å². The number of rotatable bonds is 13. The molecule has 31 heavy (non-hydrogen) atoms. The summed E-state index contributed by atoms with van der Waals surface area (Å²) in [6.07, 6.45) is 7.57. The average Bonchev–Trinajstić information content (AvgIpc) is 2.74. The van der Waals surface area contributed by atoms with Crippen molar-refractivity contribution in [3.63, 3.8) is 0 Å². The zero-order chi connectivity index (χ0) is 23.4. The maximum absolute atomic E-state index is 12.9. The third-order valence-corrected chi connectivity index (χ3v) is 5.98. The Hall–Kier alpha value is -1.81. The van der Waals surface area contributed by atoms with Crippen LogP contribution < -0.4 is 21.7 Å². The van der Waals surface area contributed by atoms with Gasteiger partial charge in [0.25, 0.3) is 0 Å². The molecule has 1 fully saturated rings. The standard InChI is InChI=1S/C21H38N4O5S/c1-3-4-10-15(21(29)30)23-20(28)17(12-31)25-19(27)16(24-18(26)13(2)22)11-14-8-6-5-7-9-14/h13-17,31H,3-12,22H2,1-2H3,(H,23,28)(H,24,26)(H,25,27)(H,29,30)/t13-,15-,16-,17-/m0/s1. The monoisotopic (exact) mass is 458 g/mol. The van der Waals surface area contributed by atoms with Crippen molar-refractivity contribution in [1.82, 2.24) is 16.0 Å². The quantitative estimate of drug-likeness (QED) is 0.226. The molecule has 3 amide bonds. The molecule has 6 N–H and O–H groups in total. The van der Waals surface area contributed by atoms with E-state index in [4.69, 9.17) is 5.73 Å². The molecule has 0 heterocycles. The molecule has 0 aromatic rings. The minimum absolute atomic E-state index is 0.00488. The van der Waals surface area contributed by atoms with E-state index in [-0.39, 0.29) is 5.75 Å². The van der Waals surface area contributed by atoms with E-state index in [2.05, 4.69) is 28.6 Å². The van der Waals surface area contributed by atoms with Gasteiger partial charge in [0.1, 0.15) is 18.1 Å². The van der Waals surface area contributed by atoms with Crippen LogP contribution in [-0.2, 0) is 19.2 Å². The van der Waals surface area contributed by atoms with Gasteiger partial charge in [0.05, 0.1) is 6.04 Å². The van der Waals surface area contributed by atoms with Crippen LogP contribution in [0.4, 0.5) is 0 Å². The second kappa shape index (κ2) is 14.3. The molecule has 0 radical (unpaired) electrons. The summed E-state index contributed by atoms with van der Waals surface area (Å²) >= 11 is 4.15. The molecule has 0 unspecified atom stereocenters. The van der Waals surface area contributed by atoms with Crippen molar-refractivity contribution in [3.05, 3.63) is 0 Å². The molecule has 1 rings (SSSR count). The van der Waals surface area contributed by atoms with Gasteiger partial charge in [-0.25, -0.2) is 4.79 Å². The summed E-state index contributed by atoms with van der Waals surface area (Å²) in [7, 11) is 0. The molecule has 9 nitrogen and oxygen atoms in total. The van der Waals surface area contributed by atoms with E-state index in [1.807, 2.05) is 6.92 Å². The number of carbonyl (C=O) groups excluding carboxylic acids is 3. The average molecular weight is 459 g/mol. The van der Waals surface area contributed by atoms with Gasteiger partial charge < -0.3 is 26.8 Å². The van der Waals surface area contributed by atoms with E-state index >= 15 is 0 Å². The Balaban J connectivity index is 2.81. The van der Waals surface area contributed by atoms with Crippen LogP contribution in [0.5, 0.6) is 0 Å². The first kappa shape index (κ1) is 27.2. The Morgan fingerprint density at radius 1 is 0.968 bits per heavy atom. The molecule has 0 aliphatic heterocycles. The Morgan fingerprint density at radius 2 is 1.52 bits per heavy atom. The van der Waals surface area contributed by atoms with Gasteiger partial charge in [-0.2, -0.15) is 12.6 Å². The number of nitrogens with one attached hydrogen (secondary N) is 3. The highest BCUT2D eigenvalue weighted by Crippen LogP contribution is 2.27. The Kier molecular flexibility index (Phi) is 12.5. The van der Waals surface area contributed by atoms with Gasteiger partial charge in [-0.1, -0.05) is 51.9 Å². The predicted molar refractivity (Wildman–Crippen MR) is 122 cm³/mol. The van der Waals surface area contributed by atoms with Crippen molar-refractivity contribution in [2.24, 2.45) is 11.7 Å². The Morgan fingerprint density at radius 3 is 2.03 bits per heavy atom. The van der Waals surface area contributed by atoms with Crippen LogP contribution in [0.25, 0.3) is 0 Å². The second-order valence-corrected chi connectivity index (χ2v) is 8.74. The molecule has 0 bridgehead atoms. The Bertz CT molecular complexity index is 611. The SMILES string of the molecule is CCCC[C@H](NC(=O)[C@H](CS)NC(=O)[C@H](CC1CCCCC1)NC(=O)[C@H](C)N)C(=O)O. The molecule has 10 heteroatoms. The van der Waals surface area contributed by atoms with Gasteiger partial charge >= 0.3 is 5.97 Å². The summed E-state index contributed by atoms with van der Waals surface area (Å²) in [5.41, 5.74) is 5.64. The number of amides is 3. The molecule has 0 spiro atoms. The Labute approximate surface area is 190 Å². The van der Waals surface area contributed by atoms with Crippen LogP contribution >= 0.6 is 12.6 Å². The van der Waals surface area contributed by atoms with E-state index in [9.17, 15) is 24.3 Å². The largest absolute Gasteiger partial charge is 0.480 e. The second-order valence-electron chi connectivity index (χ2n) is 8.37. The summed E-state index contributed by atoms with van der Waals surface area (Å²) in [6, 6.07) is -3.62. The number of hydrogen-bond acceptors (Lipinski definition) is 6. The number of thiol groups is 1. The fourth-order valence-electron chi connectivity index (χ4n) is 3.70. The molecular formula is C21H38N4O5S. The fourth-order valence-corrected chi connectivity index (χ4v) is 3.95. The summed E-state index contributed by atoms with van der Waals surface area (Å²) in [5, 5.41) is 17.1. The van der Waals surface area contributed by atoms with Crippen LogP contribution in [0.3, 0.4) is 0 Å². The molecular weight excluding hydrogens is 420 g/mol. The zero-order valence-corrected chi connectivity index (χ0v) is 19.5. The van der Waals surface area contributed by atoms with Gasteiger partial charge in [0.15, 0.2) is 0 Å². The summed E-state index contributed by atoms with van der Waals surface area (Å²) in [4.78, 5) is 49.1. The first-order valence-electron chi connectivity index (χ1n) is 11.2. The van der Waals surface area contributed by atoms with Gasteiger partial charge in [-0.3, -0.25) is 14.4 Å². The highest BCUT2D eigenvalue weighted by molar-refractivity contribution is 7.80. The summed E-state index contributed by atoms with van der Waals surface area (Å²) in [5.74, 6) is -2.35. The number of carbonyl (C=O) groups is 4. The number of carboxylic acids is 1. The van der Waals surface area contributed by atoms with Crippen LogP contribution in [0.15, 0.2) is 0 Å². The van der Waals surface area contributed by atoms with E-state index in [1.54, 1.807) is 0 Å². The highest BCUT2D eigenvalue weighted by atomic mass is 32.1. The topological polar surface area (TPSA) is 151 Å². The van der Waals surface area contributed by atoms with Gasteiger partial charge in [0.2, 0.25) is 17.7 Å². The summed E-state index contributed by atoms with van der Waals surface area (Å²) in [6.45, 7) is 3.47. The van der Waals surface area contributed by atoms with Crippen LogP contribution in [-0.4, -0.2) is 58.7 Å². The zero-order valence-electron chi connectivity index (χ0n) is 18.6. The lowest BCUT2D eigenvalue weighted by atomic mass is 9.84. The molecule has 1 aliphatic rings. The van der Waals surface area contributed by atoms with Gasteiger partial charge in [-0.05, 0) is 25.7 Å². The van der Waals surface area contributed by atoms with Crippen LogP contribution in [0.2, 0.25) is 0 Å². The third-order valence-electron chi connectivity index (χ3n) is 5.62. The molecule has 1 aliphatic carbocycles. The number of unbranched alkanes of at least 4 members (excludes halogenated alkanes) is 1. The number of aliphatic carboxylic acids is 1. The predicted octanol–water partition coefficient (Wildman–Crippen LogP) is 0.963. The minimum Gasteiger partial charge on any atom is -0.480 e. The van der Waals surface area contributed by atoms with Gasteiger partial charge in [0, 0.05) is 5.75 Å². The third kappa shape index (κ3) is 9.90. The smallest absolute Gasteiger partial charge is 0.326 e. The lowest BCUT2D eigenvalue weighted by Crippen LogP contribution is -2.57. The molecule has 0 saturated heterocycles. The number of nitrogens with two attached hydrogens (primary N) is 1. The van der Waals surface area contributed by atoms with E-state index in [0.29, 0.717) is 25.2 Å². The molecule has 4 atom stereocenters. The highest BCUT2D eigenvalue weighted by Gasteiger charge is 2.31. The normalized spacial score (nSPS) is 18.3. The van der Waals surface area contributed by atoms with Crippen molar-refractivity contribution in [1.29, 1.82) is 0 Å². The van der Waals surface area contributed by atoms with Crippen molar-refractivity contribution < 1.29 is 24.3 Å². The molecule has 0 aromatic heterocycles. The van der Waals surface area contributed by atoms with Crippen molar-refractivity contribution in [3.8, 4) is 0 Å². The molecule has 1 saturated carbocycles. The van der Waals surface area contributed by atoms with Crippen molar-refractivity contribution >= 4 is 36.3 Å². The first-order chi connectivity index (χ1) is 14.7. The molecule has 0 aromatic carbocycles. The number of hydrogen-bond donors (Lipinski definition) is 6. The van der Waals surface area contributed by atoms with E-state index in [1.165, 1.54) is 13.3 Å².